The third-order valence-electron chi connectivity index (χ3n) is 2.16. The first-order valence-electron chi connectivity index (χ1n) is 6.19. The Balaban J connectivity index is 2.83. The summed E-state index contributed by atoms with van der Waals surface area (Å²) >= 11 is 0. The maximum Gasteiger partial charge on any atom is 0.530 e. The molecule has 9 heteroatoms. The molecule has 0 aliphatic carbocycles. The van der Waals surface area contributed by atoms with Gasteiger partial charge in [0.15, 0.2) is 11.6 Å². The van der Waals surface area contributed by atoms with Crippen LogP contribution in [0.1, 0.15) is 19.4 Å². The summed E-state index contributed by atoms with van der Waals surface area (Å²) in [6.07, 6.45) is -0.965. The molecular formula is C12H17FNO6P. The summed E-state index contributed by atoms with van der Waals surface area (Å²) in [6, 6.07) is 3.74. The van der Waals surface area contributed by atoms with E-state index < -0.39 is 19.7 Å². The highest BCUT2D eigenvalue weighted by Gasteiger charge is 2.28. The first kappa shape index (κ1) is 17.4. The second-order valence-electron chi connectivity index (χ2n) is 3.75. The van der Waals surface area contributed by atoms with E-state index in [0.717, 1.165) is 6.07 Å². The lowest BCUT2D eigenvalue weighted by Crippen LogP contribution is -2.12. The van der Waals surface area contributed by atoms with Crippen LogP contribution < -0.4 is 10.3 Å². The minimum absolute atomic E-state index is 0.0867. The Morgan fingerprint density at radius 1 is 1.29 bits per heavy atom. The van der Waals surface area contributed by atoms with Gasteiger partial charge in [0.25, 0.3) is 0 Å². The fourth-order valence-electron chi connectivity index (χ4n) is 1.39. The standard InChI is InChI=1S/C12H17FNO6P/c1-3-18-21(16,19-4-2)20-11-6-5-9(7-10(11)13)8-17-12(14)15/h5-7H,3-4,8H2,1-2H3,(H2,14,15). The zero-order valence-electron chi connectivity index (χ0n) is 11.7. The van der Waals surface area contributed by atoms with E-state index in [0.29, 0.717) is 5.56 Å². The molecule has 0 unspecified atom stereocenters. The van der Waals surface area contributed by atoms with E-state index in [4.69, 9.17) is 19.3 Å². The number of nitrogens with two attached hydrogens (primary N) is 1. The Labute approximate surface area is 121 Å². The van der Waals surface area contributed by atoms with Gasteiger partial charge in [-0.2, -0.15) is 0 Å². The average Bonchev–Trinajstić information content (AvgIpc) is 2.39. The van der Waals surface area contributed by atoms with Crippen LogP contribution in [0.25, 0.3) is 0 Å². The van der Waals surface area contributed by atoms with Crippen molar-refractivity contribution < 1.29 is 32.1 Å². The van der Waals surface area contributed by atoms with Crippen LogP contribution in [0.4, 0.5) is 9.18 Å². The monoisotopic (exact) mass is 321 g/mol. The van der Waals surface area contributed by atoms with E-state index in [1.54, 1.807) is 13.8 Å². The van der Waals surface area contributed by atoms with Gasteiger partial charge in [0.05, 0.1) is 13.2 Å². The quantitative estimate of drug-likeness (QED) is 0.739. The van der Waals surface area contributed by atoms with Gasteiger partial charge in [0.1, 0.15) is 6.61 Å². The molecule has 0 bridgehead atoms. The van der Waals surface area contributed by atoms with Crippen molar-refractivity contribution in [1.29, 1.82) is 0 Å². The van der Waals surface area contributed by atoms with Gasteiger partial charge in [0, 0.05) is 0 Å². The minimum Gasteiger partial charge on any atom is -0.445 e. The number of phosphoric ester groups is 1. The molecule has 0 radical (unpaired) electrons. The zero-order chi connectivity index (χ0) is 15.9. The number of primary amides is 1. The van der Waals surface area contributed by atoms with E-state index >= 15 is 0 Å². The lowest BCUT2D eigenvalue weighted by molar-refractivity contribution is 0.150. The number of benzene rings is 1. The molecule has 0 aliphatic rings. The van der Waals surface area contributed by atoms with Crippen LogP contribution in [0.15, 0.2) is 18.2 Å². The van der Waals surface area contributed by atoms with E-state index in [9.17, 15) is 13.8 Å². The van der Waals surface area contributed by atoms with E-state index in [1.807, 2.05) is 0 Å². The van der Waals surface area contributed by atoms with Crippen molar-refractivity contribution in [3.8, 4) is 5.75 Å². The molecule has 0 fully saturated rings. The third kappa shape index (κ3) is 5.71. The van der Waals surface area contributed by atoms with Crippen molar-refractivity contribution in [3.05, 3.63) is 29.6 Å². The molecule has 0 saturated heterocycles. The van der Waals surface area contributed by atoms with Crippen LogP contribution in [0.2, 0.25) is 0 Å². The number of phosphoric acid groups is 1. The SMILES string of the molecule is CCOP(=O)(OCC)Oc1ccc(COC(N)=O)cc1F. The first-order valence-corrected chi connectivity index (χ1v) is 7.65. The van der Waals surface area contributed by atoms with Crippen LogP contribution >= 0.6 is 7.82 Å². The maximum atomic E-state index is 13.9. The lowest BCUT2D eigenvalue weighted by Gasteiger charge is -2.17. The number of hydrogen-bond donors (Lipinski definition) is 1. The topological polar surface area (TPSA) is 97.1 Å². The summed E-state index contributed by atoms with van der Waals surface area (Å²) in [7, 11) is -3.86. The summed E-state index contributed by atoms with van der Waals surface area (Å²) in [5.74, 6) is -1.08. The summed E-state index contributed by atoms with van der Waals surface area (Å²) in [4.78, 5) is 10.5. The number of rotatable bonds is 8. The van der Waals surface area contributed by atoms with Crippen LogP contribution in [-0.2, 0) is 25.0 Å². The summed E-state index contributed by atoms with van der Waals surface area (Å²) in [5.41, 5.74) is 5.17. The highest BCUT2D eigenvalue weighted by atomic mass is 31.2. The number of carbonyl (C=O) groups excluding carboxylic acids is 1. The summed E-state index contributed by atoms with van der Waals surface area (Å²) in [5, 5.41) is 0. The van der Waals surface area contributed by atoms with Crippen LogP contribution in [0, 0.1) is 5.82 Å². The van der Waals surface area contributed by atoms with E-state index in [1.165, 1.54) is 12.1 Å². The molecular weight excluding hydrogens is 304 g/mol. The predicted octanol–water partition coefficient (Wildman–Crippen LogP) is 2.98. The minimum atomic E-state index is -3.86. The largest absolute Gasteiger partial charge is 0.530 e. The van der Waals surface area contributed by atoms with Gasteiger partial charge in [-0.25, -0.2) is 13.8 Å². The van der Waals surface area contributed by atoms with Crippen molar-refractivity contribution >= 4 is 13.9 Å². The molecule has 118 valence electrons. The number of hydrogen-bond acceptors (Lipinski definition) is 6. The number of ether oxygens (including phenoxy) is 1. The zero-order valence-corrected chi connectivity index (χ0v) is 12.6. The maximum absolute atomic E-state index is 13.9. The fraction of sp³-hybridized carbons (Fsp3) is 0.417. The molecule has 0 heterocycles. The van der Waals surface area contributed by atoms with Crippen molar-refractivity contribution in [2.24, 2.45) is 5.73 Å². The molecule has 1 aromatic rings. The Morgan fingerprint density at radius 3 is 2.38 bits per heavy atom. The van der Waals surface area contributed by atoms with Crippen LogP contribution in [0.5, 0.6) is 5.75 Å². The van der Waals surface area contributed by atoms with E-state index in [2.05, 4.69) is 4.74 Å². The molecule has 0 spiro atoms. The Kier molecular flexibility index (Phi) is 6.61. The molecule has 1 amide bonds. The number of amides is 1. The van der Waals surface area contributed by atoms with Crippen molar-refractivity contribution in [2.45, 2.75) is 20.5 Å². The van der Waals surface area contributed by atoms with Crippen molar-refractivity contribution in [1.82, 2.24) is 0 Å². The van der Waals surface area contributed by atoms with Crippen molar-refractivity contribution in [3.63, 3.8) is 0 Å². The lowest BCUT2D eigenvalue weighted by atomic mass is 10.2. The second kappa shape index (κ2) is 7.97. The molecule has 7 nitrogen and oxygen atoms in total. The average molecular weight is 321 g/mol. The Bertz CT molecular complexity index is 528. The molecule has 0 atom stereocenters. The Morgan fingerprint density at radius 2 is 1.90 bits per heavy atom. The first-order chi connectivity index (χ1) is 9.90. The molecule has 0 aromatic heterocycles. The number of halogens is 1. The molecule has 0 saturated carbocycles. The molecule has 1 rings (SSSR count). The van der Waals surface area contributed by atoms with Gasteiger partial charge in [-0.3, -0.25) is 9.05 Å². The molecule has 21 heavy (non-hydrogen) atoms. The van der Waals surface area contributed by atoms with Crippen LogP contribution in [-0.4, -0.2) is 19.3 Å². The second-order valence-corrected chi connectivity index (χ2v) is 5.34. The van der Waals surface area contributed by atoms with E-state index in [-0.39, 0.29) is 25.6 Å². The number of carbonyl (C=O) groups is 1. The highest BCUT2D eigenvalue weighted by Crippen LogP contribution is 2.49. The normalized spacial score (nSPS) is 11.2. The molecule has 0 aliphatic heterocycles. The fourth-order valence-corrected chi connectivity index (χ4v) is 2.59. The smallest absolute Gasteiger partial charge is 0.445 e. The summed E-state index contributed by atoms with van der Waals surface area (Å²) < 4.78 is 45.3. The predicted molar refractivity (Wildman–Crippen MR) is 72.3 cm³/mol. The third-order valence-corrected chi connectivity index (χ3v) is 3.73. The molecule has 2 N–H and O–H groups in total. The molecule has 1 aromatic carbocycles. The van der Waals surface area contributed by atoms with Gasteiger partial charge in [-0.1, -0.05) is 6.07 Å². The van der Waals surface area contributed by atoms with Crippen molar-refractivity contribution in [2.75, 3.05) is 13.2 Å². The van der Waals surface area contributed by atoms with Gasteiger partial charge in [-0.05, 0) is 31.5 Å². The van der Waals surface area contributed by atoms with Gasteiger partial charge in [0.2, 0.25) is 0 Å². The summed E-state index contributed by atoms with van der Waals surface area (Å²) in [6.45, 7) is 3.21. The highest BCUT2D eigenvalue weighted by molar-refractivity contribution is 7.48. The van der Waals surface area contributed by atoms with Crippen LogP contribution in [0.3, 0.4) is 0 Å². The van der Waals surface area contributed by atoms with Gasteiger partial charge in [-0.15, -0.1) is 0 Å². The van der Waals surface area contributed by atoms with Gasteiger partial charge < -0.3 is 15.0 Å². The Hall–Kier alpha value is -1.63. The van der Waals surface area contributed by atoms with Gasteiger partial charge >= 0.3 is 13.9 Å².